The molecule has 88 valence electrons. The highest BCUT2D eigenvalue weighted by Crippen LogP contribution is 2.24. The molecule has 3 nitrogen and oxygen atoms in total. The van der Waals surface area contributed by atoms with Crippen LogP contribution >= 0.6 is 15.9 Å². The Hall–Kier alpha value is -0.580. The number of para-hydroxylation sites is 1. The lowest BCUT2D eigenvalue weighted by molar-refractivity contribution is -0.0404. The second-order valence-corrected chi connectivity index (χ2v) is 4.85. The summed E-state index contributed by atoms with van der Waals surface area (Å²) in [4.78, 5) is 2.26. The van der Waals surface area contributed by atoms with Gasteiger partial charge in [-0.1, -0.05) is 12.1 Å². The van der Waals surface area contributed by atoms with Crippen molar-refractivity contribution < 1.29 is 9.47 Å². The molecule has 0 bridgehead atoms. The molecule has 1 aliphatic rings. The first kappa shape index (κ1) is 11.9. The number of morpholine rings is 1. The van der Waals surface area contributed by atoms with Gasteiger partial charge in [-0.05, 0) is 35.1 Å². The first-order valence-electron chi connectivity index (χ1n) is 5.43. The lowest BCUT2D eigenvalue weighted by atomic mass is 10.3. The van der Waals surface area contributed by atoms with Crippen molar-refractivity contribution in [3.05, 3.63) is 28.7 Å². The maximum absolute atomic E-state index is 5.73. The van der Waals surface area contributed by atoms with Crippen molar-refractivity contribution in [3.8, 4) is 5.75 Å². The lowest BCUT2D eigenvalue weighted by Crippen LogP contribution is -2.42. The quantitative estimate of drug-likeness (QED) is 0.850. The molecule has 1 aromatic carbocycles. The molecular formula is C12H16BrNO2. The minimum Gasteiger partial charge on any atom is -0.490 e. The Kier molecular flexibility index (Phi) is 4.21. The molecule has 0 saturated carbocycles. The predicted octanol–water partition coefficient (Wildman–Crippen LogP) is 2.16. The SMILES string of the molecule is CN1CCOC(COc2ccccc2Br)C1. The summed E-state index contributed by atoms with van der Waals surface area (Å²) in [6.45, 7) is 3.34. The Balaban J connectivity index is 1.85. The first-order chi connectivity index (χ1) is 7.75. The molecule has 0 N–H and O–H groups in total. The highest BCUT2D eigenvalue weighted by atomic mass is 79.9. The summed E-state index contributed by atoms with van der Waals surface area (Å²) in [6, 6.07) is 7.87. The topological polar surface area (TPSA) is 21.7 Å². The van der Waals surface area contributed by atoms with Gasteiger partial charge in [0, 0.05) is 13.1 Å². The Labute approximate surface area is 104 Å². The van der Waals surface area contributed by atoms with Gasteiger partial charge in [-0.25, -0.2) is 0 Å². The van der Waals surface area contributed by atoms with E-state index in [0.717, 1.165) is 29.9 Å². The van der Waals surface area contributed by atoms with Crippen molar-refractivity contribution in [2.45, 2.75) is 6.10 Å². The number of benzene rings is 1. The van der Waals surface area contributed by atoms with Gasteiger partial charge >= 0.3 is 0 Å². The Morgan fingerprint density at radius 2 is 2.31 bits per heavy atom. The molecular weight excluding hydrogens is 270 g/mol. The van der Waals surface area contributed by atoms with Gasteiger partial charge in [0.1, 0.15) is 18.5 Å². The van der Waals surface area contributed by atoms with Crippen molar-refractivity contribution in [1.82, 2.24) is 4.90 Å². The van der Waals surface area contributed by atoms with Crippen molar-refractivity contribution in [1.29, 1.82) is 0 Å². The average molecular weight is 286 g/mol. The fourth-order valence-electron chi connectivity index (χ4n) is 1.71. The summed E-state index contributed by atoms with van der Waals surface area (Å²) in [5.74, 6) is 0.874. The Morgan fingerprint density at radius 3 is 3.06 bits per heavy atom. The summed E-state index contributed by atoms with van der Waals surface area (Å²) < 4.78 is 12.3. The molecule has 16 heavy (non-hydrogen) atoms. The highest BCUT2D eigenvalue weighted by Gasteiger charge is 2.18. The zero-order valence-electron chi connectivity index (χ0n) is 9.36. The van der Waals surface area contributed by atoms with E-state index in [0.29, 0.717) is 6.61 Å². The predicted molar refractivity (Wildman–Crippen MR) is 66.9 cm³/mol. The molecule has 0 aliphatic carbocycles. The molecule has 1 aromatic rings. The summed E-state index contributed by atoms with van der Waals surface area (Å²) in [5.41, 5.74) is 0. The van der Waals surface area contributed by atoms with E-state index in [1.807, 2.05) is 24.3 Å². The van der Waals surface area contributed by atoms with E-state index in [-0.39, 0.29) is 6.10 Å². The van der Waals surface area contributed by atoms with E-state index in [1.165, 1.54) is 0 Å². The zero-order chi connectivity index (χ0) is 11.4. The van der Waals surface area contributed by atoms with E-state index in [1.54, 1.807) is 0 Å². The molecule has 0 spiro atoms. The minimum atomic E-state index is 0.172. The number of hydrogen-bond acceptors (Lipinski definition) is 3. The van der Waals surface area contributed by atoms with Crippen LogP contribution < -0.4 is 4.74 Å². The number of rotatable bonds is 3. The van der Waals surface area contributed by atoms with Crippen LogP contribution in [0.5, 0.6) is 5.75 Å². The van der Waals surface area contributed by atoms with Gasteiger partial charge in [-0.2, -0.15) is 0 Å². The van der Waals surface area contributed by atoms with Gasteiger partial charge in [0.2, 0.25) is 0 Å². The second-order valence-electron chi connectivity index (χ2n) is 4.00. The maximum atomic E-state index is 5.73. The molecule has 0 aromatic heterocycles. The fourth-order valence-corrected chi connectivity index (χ4v) is 2.11. The normalized spacial score (nSPS) is 22.0. The van der Waals surface area contributed by atoms with E-state index < -0.39 is 0 Å². The van der Waals surface area contributed by atoms with Crippen molar-refractivity contribution in [2.24, 2.45) is 0 Å². The molecule has 1 fully saturated rings. The second kappa shape index (κ2) is 5.66. The van der Waals surface area contributed by atoms with Crippen LogP contribution in [0.1, 0.15) is 0 Å². The van der Waals surface area contributed by atoms with Crippen LogP contribution in [0.2, 0.25) is 0 Å². The van der Waals surface area contributed by atoms with Crippen LogP contribution in [0.15, 0.2) is 28.7 Å². The Morgan fingerprint density at radius 1 is 1.50 bits per heavy atom. The average Bonchev–Trinajstić information content (AvgIpc) is 2.28. The van der Waals surface area contributed by atoms with Crippen LogP contribution in [-0.2, 0) is 4.74 Å². The van der Waals surface area contributed by atoms with Gasteiger partial charge in [0.15, 0.2) is 0 Å². The molecule has 1 heterocycles. The van der Waals surface area contributed by atoms with E-state index >= 15 is 0 Å². The molecule has 1 atom stereocenters. The van der Waals surface area contributed by atoms with Crippen LogP contribution in [0, 0.1) is 0 Å². The van der Waals surface area contributed by atoms with E-state index in [4.69, 9.17) is 9.47 Å². The maximum Gasteiger partial charge on any atom is 0.133 e. The lowest BCUT2D eigenvalue weighted by Gasteiger charge is -2.29. The van der Waals surface area contributed by atoms with E-state index in [9.17, 15) is 0 Å². The number of hydrogen-bond donors (Lipinski definition) is 0. The van der Waals surface area contributed by atoms with Crippen molar-refractivity contribution >= 4 is 15.9 Å². The Bertz CT molecular complexity index is 346. The monoisotopic (exact) mass is 285 g/mol. The van der Waals surface area contributed by atoms with Crippen LogP contribution in [0.3, 0.4) is 0 Å². The van der Waals surface area contributed by atoms with Gasteiger partial charge in [-0.15, -0.1) is 0 Å². The minimum absolute atomic E-state index is 0.172. The van der Waals surface area contributed by atoms with Gasteiger partial charge < -0.3 is 14.4 Å². The third-order valence-electron chi connectivity index (χ3n) is 2.60. The number of nitrogens with zero attached hydrogens (tertiary/aromatic N) is 1. The number of halogens is 1. The molecule has 0 amide bonds. The van der Waals surface area contributed by atoms with Crippen molar-refractivity contribution in [3.63, 3.8) is 0 Å². The van der Waals surface area contributed by atoms with Crippen LogP contribution in [0.25, 0.3) is 0 Å². The smallest absolute Gasteiger partial charge is 0.133 e. The first-order valence-corrected chi connectivity index (χ1v) is 6.22. The molecule has 0 radical (unpaired) electrons. The van der Waals surface area contributed by atoms with Gasteiger partial charge in [0.25, 0.3) is 0 Å². The fraction of sp³-hybridized carbons (Fsp3) is 0.500. The molecule has 1 saturated heterocycles. The molecule has 2 rings (SSSR count). The van der Waals surface area contributed by atoms with Gasteiger partial charge in [-0.3, -0.25) is 0 Å². The zero-order valence-corrected chi connectivity index (χ0v) is 10.9. The molecule has 1 aliphatic heterocycles. The van der Waals surface area contributed by atoms with Gasteiger partial charge in [0.05, 0.1) is 11.1 Å². The largest absolute Gasteiger partial charge is 0.490 e. The summed E-state index contributed by atoms with van der Waals surface area (Å²) in [5, 5.41) is 0. The third-order valence-corrected chi connectivity index (χ3v) is 3.26. The van der Waals surface area contributed by atoms with Crippen molar-refractivity contribution in [2.75, 3.05) is 33.4 Å². The summed E-state index contributed by atoms with van der Waals surface area (Å²) in [7, 11) is 2.11. The highest BCUT2D eigenvalue weighted by molar-refractivity contribution is 9.10. The van der Waals surface area contributed by atoms with E-state index in [2.05, 4.69) is 27.9 Å². The summed E-state index contributed by atoms with van der Waals surface area (Å²) in [6.07, 6.45) is 0.172. The van der Waals surface area contributed by atoms with Crippen LogP contribution in [0.4, 0.5) is 0 Å². The standard InChI is InChI=1S/C12H16BrNO2/c1-14-6-7-15-10(8-14)9-16-12-5-3-2-4-11(12)13/h2-5,10H,6-9H2,1H3. The number of likely N-dealkylation sites (N-methyl/N-ethyl adjacent to an activating group) is 1. The third kappa shape index (κ3) is 3.20. The van der Waals surface area contributed by atoms with Crippen LogP contribution in [-0.4, -0.2) is 44.4 Å². The summed E-state index contributed by atoms with van der Waals surface area (Å²) >= 11 is 3.46. The molecule has 1 unspecified atom stereocenters. The molecule has 4 heteroatoms. The number of ether oxygens (including phenoxy) is 2.